The maximum Gasteiger partial charge on any atom is 0.123 e. The Morgan fingerprint density at radius 1 is 1.30 bits per heavy atom. The predicted molar refractivity (Wildman–Crippen MR) is 111 cm³/mol. The van der Waals surface area contributed by atoms with Gasteiger partial charge in [0.1, 0.15) is 5.82 Å². The van der Waals surface area contributed by atoms with Crippen molar-refractivity contribution in [2.24, 2.45) is 0 Å². The molecule has 0 saturated carbocycles. The van der Waals surface area contributed by atoms with Gasteiger partial charge in [-0.05, 0) is 92.6 Å². The molecule has 0 amide bonds. The summed E-state index contributed by atoms with van der Waals surface area (Å²) >= 11 is 0. The number of aryl methyl sites for hydroxylation is 1. The van der Waals surface area contributed by atoms with E-state index in [0.717, 1.165) is 29.7 Å². The van der Waals surface area contributed by atoms with Crippen LogP contribution in [0.15, 0.2) is 36.4 Å². The smallest absolute Gasteiger partial charge is 0.123 e. The molecule has 0 aliphatic carbocycles. The molecule has 140 valence electrons. The van der Waals surface area contributed by atoms with Crippen LogP contribution in [0.2, 0.25) is 0 Å². The van der Waals surface area contributed by atoms with E-state index >= 15 is 0 Å². The number of nitriles is 1. The Labute approximate surface area is 161 Å². The quantitative estimate of drug-likeness (QED) is 0.472. The van der Waals surface area contributed by atoms with Crippen LogP contribution in [0.25, 0.3) is 11.6 Å². The summed E-state index contributed by atoms with van der Waals surface area (Å²) in [6.07, 6.45) is 3.02. The predicted octanol–water partition coefficient (Wildman–Crippen LogP) is 6.31. The largest absolute Gasteiger partial charge is 0.366 e. The van der Waals surface area contributed by atoms with Crippen molar-refractivity contribution in [3.8, 4) is 6.07 Å². The van der Waals surface area contributed by atoms with Crippen molar-refractivity contribution in [1.82, 2.24) is 0 Å². The molecule has 0 spiro atoms. The molecular formula is C24H27FN2. The zero-order valence-corrected chi connectivity index (χ0v) is 16.8. The zero-order valence-electron chi connectivity index (χ0n) is 16.8. The molecule has 0 fully saturated rings. The highest BCUT2D eigenvalue weighted by molar-refractivity contribution is 5.90. The molecule has 1 aliphatic rings. The van der Waals surface area contributed by atoms with Gasteiger partial charge in [-0.2, -0.15) is 5.26 Å². The van der Waals surface area contributed by atoms with Crippen LogP contribution in [0.3, 0.4) is 0 Å². The van der Waals surface area contributed by atoms with Crippen LogP contribution in [0.1, 0.15) is 62.3 Å². The number of hydrogen-bond acceptors (Lipinski definition) is 2. The minimum atomic E-state index is -0.294. The molecule has 2 nitrogen and oxygen atoms in total. The van der Waals surface area contributed by atoms with Gasteiger partial charge in [0.2, 0.25) is 0 Å². The Morgan fingerprint density at radius 3 is 2.56 bits per heavy atom. The van der Waals surface area contributed by atoms with E-state index < -0.39 is 0 Å². The Hall–Kier alpha value is -2.60. The van der Waals surface area contributed by atoms with Gasteiger partial charge in [0.15, 0.2) is 0 Å². The minimum Gasteiger partial charge on any atom is -0.366 e. The maximum atomic E-state index is 13.2. The van der Waals surface area contributed by atoms with E-state index in [-0.39, 0.29) is 11.4 Å². The number of halogens is 1. The Kier molecular flexibility index (Phi) is 5.11. The highest BCUT2D eigenvalue weighted by atomic mass is 19.1. The molecule has 0 aromatic heterocycles. The van der Waals surface area contributed by atoms with Gasteiger partial charge >= 0.3 is 0 Å². The number of benzene rings is 2. The first kappa shape index (κ1) is 19.2. The Balaban J connectivity index is 2.10. The van der Waals surface area contributed by atoms with E-state index in [1.165, 1.54) is 23.4 Å². The third kappa shape index (κ3) is 3.62. The molecule has 0 N–H and O–H groups in total. The van der Waals surface area contributed by atoms with Crippen LogP contribution in [-0.2, 0) is 0 Å². The van der Waals surface area contributed by atoms with Gasteiger partial charge < -0.3 is 4.90 Å². The van der Waals surface area contributed by atoms with E-state index in [9.17, 15) is 9.65 Å². The van der Waals surface area contributed by atoms with Crippen LogP contribution in [0.4, 0.5) is 10.1 Å². The first-order valence-electron chi connectivity index (χ1n) is 9.56. The third-order valence-corrected chi connectivity index (χ3v) is 5.67. The zero-order chi connectivity index (χ0) is 19.8. The molecule has 0 saturated heterocycles. The summed E-state index contributed by atoms with van der Waals surface area (Å²) in [5.74, 6) is 0.166. The molecule has 3 rings (SSSR count). The summed E-state index contributed by atoms with van der Waals surface area (Å²) in [4.78, 5) is 2.48. The summed E-state index contributed by atoms with van der Waals surface area (Å²) in [5.41, 5.74) is 6.26. The fourth-order valence-electron chi connectivity index (χ4n) is 4.37. The Bertz CT molecular complexity index is 917. The molecular weight excluding hydrogens is 335 g/mol. The van der Waals surface area contributed by atoms with Gasteiger partial charge in [0.05, 0.1) is 11.6 Å². The molecule has 1 atom stereocenters. The van der Waals surface area contributed by atoms with Gasteiger partial charge in [-0.25, -0.2) is 4.39 Å². The van der Waals surface area contributed by atoms with E-state index in [1.807, 2.05) is 6.08 Å². The minimum absolute atomic E-state index is 0.136. The highest BCUT2D eigenvalue weighted by Crippen LogP contribution is 2.44. The van der Waals surface area contributed by atoms with Crippen molar-refractivity contribution in [2.45, 2.75) is 52.5 Å². The molecule has 2 aromatic rings. The summed E-state index contributed by atoms with van der Waals surface area (Å²) in [6, 6.07) is 12.8. The van der Waals surface area contributed by atoms with Crippen LogP contribution in [-0.4, -0.2) is 12.1 Å². The van der Waals surface area contributed by atoms with Crippen molar-refractivity contribution in [2.75, 3.05) is 11.4 Å². The summed E-state index contributed by atoms with van der Waals surface area (Å²) in [6.45, 7) is 12.2. The monoisotopic (exact) mass is 362 g/mol. The fraction of sp³-hybridized carbons (Fsp3) is 0.375. The van der Waals surface area contributed by atoms with E-state index in [4.69, 9.17) is 0 Å². The molecule has 2 aromatic carbocycles. The van der Waals surface area contributed by atoms with E-state index in [1.54, 1.807) is 12.1 Å². The van der Waals surface area contributed by atoms with Crippen LogP contribution in [0, 0.1) is 24.1 Å². The number of anilines is 1. The SMILES string of the molecule is CCN1c2cc(C)c(/C=C(/C#N)c3ccc(F)cc3)cc2[C@@H](C)CC1(C)C. The van der Waals surface area contributed by atoms with Gasteiger partial charge in [-0.15, -0.1) is 0 Å². The van der Waals surface area contributed by atoms with E-state index in [0.29, 0.717) is 11.5 Å². The third-order valence-electron chi connectivity index (χ3n) is 5.67. The normalized spacial score (nSPS) is 18.8. The molecule has 3 heteroatoms. The van der Waals surface area contributed by atoms with E-state index in [2.05, 4.69) is 57.7 Å². The van der Waals surface area contributed by atoms with Crippen molar-refractivity contribution in [1.29, 1.82) is 5.26 Å². The summed E-state index contributed by atoms with van der Waals surface area (Å²) < 4.78 is 13.2. The van der Waals surface area contributed by atoms with Crippen molar-refractivity contribution in [3.63, 3.8) is 0 Å². The van der Waals surface area contributed by atoms with Crippen LogP contribution < -0.4 is 4.90 Å². The lowest BCUT2D eigenvalue weighted by atomic mass is 9.79. The second-order valence-corrected chi connectivity index (χ2v) is 8.11. The van der Waals surface area contributed by atoms with Crippen LogP contribution in [0.5, 0.6) is 0 Å². The Morgan fingerprint density at radius 2 is 1.96 bits per heavy atom. The summed E-state index contributed by atoms with van der Waals surface area (Å²) in [5, 5.41) is 9.62. The standard InChI is InChI=1S/C24H27FN2/c1-6-27-23-11-16(2)19(13-22(23)17(3)14-24(27,4)5)12-20(15-26)18-7-9-21(25)10-8-18/h7-13,17H,6,14H2,1-5H3/b20-12-/t17-/m0/s1. The average Bonchev–Trinajstić information content (AvgIpc) is 2.61. The lowest BCUT2D eigenvalue weighted by Gasteiger charge is -2.47. The first-order valence-corrected chi connectivity index (χ1v) is 9.56. The lowest BCUT2D eigenvalue weighted by Crippen LogP contribution is -2.48. The molecule has 1 aliphatic heterocycles. The highest BCUT2D eigenvalue weighted by Gasteiger charge is 2.35. The van der Waals surface area contributed by atoms with Crippen molar-refractivity contribution >= 4 is 17.3 Å². The number of rotatable bonds is 3. The molecule has 1 heterocycles. The number of nitrogens with zero attached hydrogens (tertiary/aromatic N) is 2. The maximum absolute atomic E-state index is 13.2. The lowest BCUT2D eigenvalue weighted by molar-refractivity contribution is 0.381. The average molecular weight is 362 g/mol. The van der Waals surface area contributed by atoms with Gasteiger partial charge in [-0.1, -0.05) is 19.1 Å². The van der Waals surface area contributed by atoms with Gasteiger partial charge in [-0.3, -0.25) is 0 Å². The second-order valence-electron chi connectivity index (χ2n) is 8.11. The summed E-state index contributed by atoms with van der Waals surface area (Å²) in [7, 11) is 0. The first-order chi connectivity index (χ1) is 12.8. The van der Waals surface area contributed by atoms with Crippen LogP contribution >= 0.6 is 0 Å². The number of hydrogen-bond donors (Lipinski definition) is 0. The fourth-order valence-corrected chi connectivity index (χ4v) is 4.37. The molecule has 0 bridgehead atoms. The van der Waals surface area contributed by atoms with Gasteiger partial charge in [0.25, 0.3) is 0 Å². The van der Waals surface area contributed by atoms with Gasteiger partial charge in [0, 0.05) is 17.8 Å². The van der Waals surface area contributed by atoms with Crippen molar-refractivity contribution in [3.05, 3.63) is 64.5 Å². The number of fused-ring (bicyclic) bond motifs is 1. The molecule has 27 heavy (non-hydrogen) atoms. The van der Waals surface area contributed by atoms with Crippen molar-refractivity contribution < 1.29 is 4.39 Å². The molecule has 0 radical (unpaired) electrons. The number of allylic oxidation sites excluding steroid dienone is 1. The topological polar surface area (TPSA) is 27.0 Å². The molecule has 0 unspecified atom stereocenters. The second kappa shape index (κ2) is 7.19.